The van der Waals surface area contributed by atoms with Crippen LogP contribution in [0, 0.1) is 18.7 Å². The minimum atomic E-state index is -4.56. The van der Waals surface area contributed by atoms with Crippen molar-refractivity contribution in [3.8, 4) is 0 Å². The average molecular weight is 653 g/mol. The lowest BCUT2D eigenvalue weighted by Crippen LogP contribution is -2.73. The molecule has 3 amide bonds. The quantitative estimate of drug-likeness (QED) is 0.250. The Labute approximate surface area is 265 Å². The van der Waals surface area contributed by atoms with E-state index in [9.17, 15) is 31.9 Å². The molecule has 2 N–H and O–H groups in total. The number of ether oxygens (including phenoxy) is 1. The van der Waals surface area contributed by atoms with Crippen LogP contribution in [0.1, 0.15) is 47.9 Å². The first kappa shape index (κ1) is 34.6. The molecule has 0 radical (unpaired) electrons. The molecule has 13 heteroatoms. The number of hydrogen-bond donors (Lipinski definition) is 1. The van der Waals surface area contributed by atoms with Gasteiger partial charge in [0.2, 0.25) is 11.8 Å². The van der Waals surface area contributed by atoms with Crippen LogP contribution in [0.3, 0.4) is 0 Å². The number of alkyl halides is 3. The molecule has 0 spiro atoms. The number of hydrogen-bond acceptors (Lipinski definition) is 6. The van der Waals surface area contributed by atoms with Gasteiger partial charge in [-0.15, -0.1) is 0 Å². The van der Waals surface area contributed by atoms with Crippen molar-refractivity contribution in [3.63, 3.8) is 0 Å². The van der Waals surface area contributed by atoms with Crippen LogP contribution in [-0.4, -0.2) is 83.0 Å². The molecule has 2 heterocycles. The predicted octanol–water partition coefficient (Wildman–Crippen LogP) is 5.21. The lowest BCUT2D eigenvalue weighted by Gasteiger charge is -2.53. The highest BCUT2D eigenvalue weighted by Crippen LogP contribution is 2.33. The van der Waals surface area contributed by atoms with Crippen molar-refractivity contribution < 1.29 is 36.7 Å². The number of thioether (sulfide) groups is 1. The van der Waals surface area contributed by atoms with Gasteiger partial charge in [-0.25, -0.2) is 9.18 Å². The molecule has 3 atom stereocenters. The SMILES string of the molecule is CSCCCN1C[C@@H]2N(C(=O)OCc3cc(C)cc(C(F)(F)F)c3)C[C@@H](Cc3ccc(F)cc3)C(=O)N2[C@@H](CCCCN)C1=O. The van der Waals surface area contributed by atoms with E-state index >= 15 is 0 Å². The zero-order chi connectivity index (χ0) is 32.7. The fourth-order valence-electron chi connectivity index (χ4n) is 6.05. The lowest BCUT2D eigenvalue weighted by molar-refractivity contribution is -0.173. The molecule has 0 unspecified atom stereocenters. The highest BCUT2D eigenvalue weighted by atomic mass is 32.2. The van der Waals surface area contributed by atoms with Crippen LogP contribution < -0.4 is 5.73 Å². The summed E-state index contributed by atoms with van der Waals surface area (Å²) in [6.45, 7) is 2.07. The second kappa shape index (κ2) is 15.3. The maximum absolute atomic E-state index is 14.1. The maximum Gasteiger partial charge on any atom is 0.416 e. The molecule has 8 nitrogen and oxygen atoms in total. The van der Waals surface area contributed by atoms with E-state index in [0.717, 1.165) is 24.3 Å². The Hall–Kier alpha value is -3.32. The van der Waals surface area contributed by atoms with E-state index in [1.807, 2.05) is 6.26 Å². The van der Waals surface area contributed by atoms with Gasteiger partial charge in [-0.05, 0) is 93.0 Å². The first-order valence-corrected chi connectivity index (χ1v) is 16.5. The van der Waals surface area contributed by atoms with Crippen molar-refractivity contribution in [1.82, 2.24) is 14.7 Å². The number of fused-ring (bicyclic) bond motifs is 1. The normalized spacial score (nSPS) is 20.4. The summed E-state index contributed by atoms with van der Waals surface area (Å²) in [7, 11) is 0. The number of halogens is 4. The minimum Gasteiger partial charge on any atom is -0.444 e. The number of rotatable bonds is 12. The van der Waals surface area contributed by atoms with Crippen LogP contribution in [0.2, 0.25) is 0 Å². The van der Waals surface area contributed by atoms with Crippen LogP contribution in [0.15, 0.2) is 42.5 Å². The van der Waals surface area contributed by atoms with Gasteiger partial charge in [0.05, 0.1) is 18.0 Å². The topological polar surface area (TPSA) is 96.2 Å². The Morgan fingerprint density at radius 2 is 1.76 bits per heavy atom. The molecular formula is C32H40F4N4O4S. The van der Waals surface area contributed by atoms with Gasteiger partial charge >= 0.3 is 12.3 Å². The Bertz CT molecular complexity index is 1340. The molecule has 2 aliphatic heterocycles. The molecule has 0 aromatic heterocycles. The van der Waals surface area contributed by atoms with Crippen LogP contribution >= 0.6 is 11.8 Å². The number of unbranched alkanes of at least 4 members (excludes halogenated alkanes) is 1. The largest absolute Gasteiger partial charge is 0.444 e. The van der Waals surface area contributed by atoms with E-state index in [4.69, 9.17) is 10.5 Å². The van der Waals surface area contributed by atoms with Crippen molar-refractivity contribution in [3.05, 3.63) is 70.5 Å². The zero-order valence-corrected chi connectivity index (χ0v) is 26.3. The molecule has 2 saturated heterocycles. The van der Waals surface area contributed by atoms with Gasteiger partial charge in [0.25, 0.3) is 0 Å². The molecule has 4 rings (SSSR count). The standard InChI is InChI=1S/C32H40F4N4O4S/c1-21-14-23(17-25(15-21)32(34,35)36)20-44-31(43)39-18-24(16-22-7-9-26(33)10-8-22)29(41)40-27(6-3-4-11-37)30(42)38(19-28(39)40)12-5-13-45-2/h7-10,14-15,17,24,27-28H,3-6,11-13,16,18-20,37H2,1-2H3/t24-,27+,28-/m1/s1. The molecule has 2 aliphatic rings. The van der Waals surface area contributed by atoms with Gasteiger partial charge in [0, 0.05) is 13.1 Å². The van der Waals surface area contributed by atoms with Crippen molar-refractivity contribution in [2.45, 2.75) is 64.0 Å². The third-order valence-corrected chi connectivity index (χ3v) is 8.88. The van der Waals surface area contributed by atoms with Gasteiger partial charge in [-0.3, -0.25) is 14.5 Å². The van der Waals surface area contributed by atoms with Crippen LogP contribution in [0.4, 0.5) is 22.4 Å². The van der Waals surface area contributed by atoms with E-state index < -0.39 is 48.4 Å². The predicted molar refractivity (Wildman–Crippen MR) is 164 cm³/mol. The molecule has 0 bridgehead atoms. The number of carbonyl (C=O) groups is 3. The number of nitrogens with zero attached hydrogens (tertiary/aromatic N) is 3. The molecule has 2 fully saturated rings. The van der Waals surface area contributed by atoms with Crippen molar-refractivity contribution >= 4 is 29.7 Å². The van der Waals surface area contributed by atoms with Gasteiger partial charge < -0.3 is 20.3 Å². The van der Waals surface area contributed by atoms with Crippen LogP contribution in [0.5, 0.6) is 0 Å². The number of piperazine rings is 1. The number of nitrogens with two attached hydrogens (primary N) is 1. The van der Waals surface area contributed by atoms with E-state index in [1.165, 1.54) is 34.9 Å². The van der Waals surface area contributed by atoms with Crippen LogP contribution in [0.25, 0.3) is 0 Å². The highest BCUT2D eigenvalue weighted by molar-refractivity contribution is 7.98. The second-order valence-electron chi connectivity index (χ2n) is 11.6. The third-order valence-electron chi connectivity index (χ3n) is 8.18. The summed E-state index contributed by atoms with van der Waals surface area (Å²) in [5.74, 6) is -0.809. The first-order valence-electron chi connectivity index (χ1n) is 15.1. The molecule has 2 aromatic rings. The molecular weight excluding hydrogens is 612 g/mol. The molecule has 0 saturated carbocycles. The summed E-state index contributed by atoms with van der Waals surface area (Å²) < 4.78 is 59.4. The Kier molecular flexibility index (Phi) is 11.8. The van der Waals surface area contributed by atoms with Gasteiger partial charge in [0.15, 0.2) is 0 Å². The molecule has 45 heavy (non-hydrogen) atoms. The molecule has 246 valence electrons. The summed E-state index contributed by atoms with van der Waals surface area (Å²) in [6, 6.07) is 8.41. The van der Waals surface area contributed by atoms with Crippen molar-refractivity contribution in [2.75, 3.05) is 38.2 Å². The number of amides is 3. The second-order valence-corrected chi connectivity index (χ2v) is 12.6. The van der Waals surface area contributed by atoms with Crippen molar-refractivity contribution in [1.29, 1.82) is 0 Å². The number of aryl methyl sites for hydroxylation is 1. The molecule has 0 aliphatic carbocycles. The van der Waals surface area contributed by atoms with Crippen molar-refractivity contribution in [2.24, 2.45) is 11.7 Å². The average Bonchev–Trinajstić information content (AvgIpc) is 2.99. The Morgan fingerprint density at radius 3 is 2.42 bits per heavy atom. The zero-order valence-electron chi connectivity index (χ0n) is 25.5. The van der Waals surface area contributed by atoms with Gasteiger partial charge in [-0.2, -0.15) is 24.9 Å². The monoisotopic (exact) mass is 652 g/mol. The summed E-state index contributed by atoms with van der Waals surface area (Å²) in [5, 5.41) is 0. The van der Waals surface area contributed by atoms with Gasteiger partial charge in [-0.1, -0.05) is 23.8 Å². The lowest BCUT2D eigenvalue weighted by atomic mass is 9.90. The Balaban J connectivity index is 1.64. The van der Waals surface area contributed by atoms with E-state index in [-0.39, 0.29) is 36.9 Å². The summed E-state index contributed by atoms with van der Waals surface area (Å²) in [6.07, 6.45) is -1.64. The third kappa shape index (κ3) is 8.69. The summed E-state index contributed by atoms with van der Waals surface area (Å²) in [5.41, 5.74) is 6.11. The molecule has 2 aromatic carbocycles. The van der Waals surface area contributed by atoms with E-state index in [0.29, 0.717) is 43.5 Å². The highest BCUT2D eigenvalue weighted by Gasteiger charge is 2.51. The summed E-state index contributed by atoms with van der Waals surface area (Å²) >= 11 is 1.65. The first-order chi connectivity index (χ1) is 21.4. The number of benzene rings is 2. The number of carbonyl (C=O) groups excluding carboxylic acids is 3. The van der Waals surface area contributed by atoms with E-state index in [2.05, 4.69) is 0 Å². The smallest absolute Gasteiger partial charge is 0.416 e. The fraction of sp³-hybridized carbons (Fsp3) is 0.531. The van der Waals surface area contributed by atoms with Crippen LogP contribution in [-0.2, 0) is 33.5 Å². The maximum atomic E-state index is 14.1. The Morgan fingerprint density at radius 1 is 1.02 bits per heavy atom. The fourth-order valence-corrected chi connectivity index (χ4v) is 6.46. The van der Waals surface area contributed by atoms with Gasteiger partial charge in [0.1, 0.15) is 24.6 Å². The van der Waals surface area contributed by atoms with E-state index in [1.54, 1.807) is 28.8 Å². The summed E-state index contributed by atoms with van der Waals surface area (Å²) in [4.78, 5) is 46.2. The minimum absolute atomic E-state index is 0.0276.